The molecule has 2 heterocycles. The second-order valence-electron chi connectivity index (χ2n) is 7.56. The van der Waals surface area contributed by atoms with E-state index in [0.717, 1.165) is 38.4 Å². The first-order valence-corrected chi connectivity index (χ1v) is 11.7. The maximum atomic E-state index is 13.1. The van der Waals surface area contributed by atoms with Gasteiger partial charge >= 0.3 is 0 Å². The van der Waals surface area contributed by atoms with E-state index >= 15 is 0 Å². The van der Waals surface area contributed by atoms with Crippen molar-refractivity contribution in [3.8, 4) is 0 Å². The van der Waals surface area contributed by atoms with Gasteiger partial charge in [0, 0.05) is 49.0 Å². The highest BCUT2D eigenvalue weighted by Crippen LogP contribution is 2.29. The standard InChI is InChI=1S/C21H23ClFN3O3S/c22-16-2-7-19-20(27)15-26(30(28,29)21(19)14-16)9-1-8-24-10-12-25(13-11-24)18-5-3-17(23)4-6-18/h2-7,14H,1,8-13,15H2. The van der Waals surface area contributed by atoms with Gasteiger partial charge in [-0.25, -0.2) is 12.8 Å². The normalized spacial score (nSPS) is 19.7. The largest absolute Gasteiger partial charge is 0.369 e. The molecule has 0 aliphatic carbocycles. The number of anilines is 1. The molecule has 2 aromatic rings. The Hall–Kier alpha value is -2.00. The summed E-state index contributed by atoms with van der Waals surface area (Å²) in [5, 5.41) is 0.297. The molecule has 2 aromatic carbocycles. The smallest absolute Gasteiger partial charge is 0.244 e. The van der Waals surface area contributed by atoms with Gasteiger partial charge in [0.25, 0.3) is 0 Å². The van der Waals surface area contributed by atoms with Crippen LogP contribution < -0.4 is 4.90 Å². The summed E-state index contributed by atoms with van der Waals surface area (Å²) in [6, 6.07) is 10.9. The number of hydrogen-bond acceptors (Lipinski definition) is 5. The number of ketones is 1. The van der Waals surface area contributed by atoms with Crippen molar-refractivity contribution in [2.75, 3.05) is 50.7 Å². The van der Waals surface area contributed by atoms with Crippen LogP contribution in [0.4, 0.5) is 10.1 Å². The minimum atomic E-state index is -3.72. The lowest BCUT2D eigenvalue weighted by Crippen LogP contribution is -2.47. The van der Waals surface area contributed by atoms with Gasteiger partial charge in [-0.1, -0.05) is 11.6 Å². The Labute approximate surface area is 180 Å². The van der Waals surface area contributed by atoms with E-state index in [-0.39, 0.29) is 35.1 Å². The molecule has 0 bridgehead atoms. The van der Waals surface area contributed by atoms with Crippen molar-refractivity contribution in [2.45, 2.75) is 11.3 Å². The van der Waals surface area contributed by atoms with E-state index in [9.17, 15) is 17.6 Å². The predicted octanol–water partition coefficient (Wildman–Crippen LogP) is 2.88. The van der Waals surface area contributed by atoms with E-state index in [4.69, 9.17) is 11.6 Å². The van der Waals surface area contributed by atoms with E-state index in [1.807, 2.05) is 0 Å². The van der Waals surface area contributed by atoms with Crippen molar-refractivity contribution in [3.63, 3.8) is 0 Å². The average molecular weight is 452 g/mol. The monoisotopic (exact) mass is 451 g/mol. The zero-order valence-electron chi connectivity index (χ0n) is 16.4. The van der Waals surface area contributed by atoms with Gasteiger partial charge in [0.05, 0.1) is 11.4 Å². The topological polar surface area (TPSA) is 60.9 Å². The molecule has 160 valence electrons. The van der Waals surface area contributed by atoms with Crippen LogP contribution >= 0.6 is 11.6 Å². The first-order chi connectivity index (χ1) is 14.3. The molecule has 0 aromatic heterocycles. The van der Waals surface area contributed by atoms with Gasteiger partial charge in [0.2, 0.25) is 10.0 Å². The van der Waals surface area contributed by atoms with E-state index in [1.54, 1.807) is 12.1 Å². The molecule has 0 atom stereocenters. The van der Waals surface area contributed by atoms with Crippen molar-refractivity contribution in [1.29, 1.82) is 0 Å². The molecule has 0 amide bonds. The highest BCUT2D eigenvalue weighted by atomic mass is 35.5. The molecule has 0 unspecified atom stereocenters. The molecule has 30 heavy (non-hydrogen) atoms. The molecule has 9 heteroatoms. The van der Waals surface area contributed by atoms with E-state index in [0.29, 0.717) is 11.4 Å². The molecular formula is C21H23ClFN3O3S. The number of piperazine rings is 1. The summed E-state index contributed by atoms with van der Waals surface area (Å²) in [5.41, 5.74) is 1.22. The average Bonchev–Trinajstić information content (AvgIpc) is 2.73. The third-order valence-electron chi connectivity index (χ3n) is 5.63. The fraction of sp³-hybridized carbons (Fsp3) is 0.381. The lowest BCUT2D eigenvalue weighted by molar-refractivity contribution is 0.0954. The second-order valence-corrected chi connectivity index (χ2v) is 9.90. The van der Waals surface area contributed by atoms with Crippen LogP contribution in [0.3, 0.4) is 0 Å². The zero-order valence-corrected chi connectivity index (χ0v) is 18.0. The highest BCUT2D eigenvalue weighted by molar-refractivity contribution is 7.89. The predicted molar refractivity (Wildman–Crippen MR) is 114 cm³/mol. The first kappa shape index (κ1) is 21.2. The third-order valence-corrected chi connectivity index (χ3v) is 7.75. The minimum Gasteiger partial charge on any atom is -0.369 e. The first-order valence-electron chi connectivity index (χ1n) is 9.90. The Balaban J connectivity index is 1.31. The number of hydrogen-bond donors (Lipinski definition) is 0. The summed E-state index contributed by atoms with van der Waals surface area (Å²) in [5.74, 6) is -0.446. The molecule has 6 nitrogen and oxygen atoms in total. The van der Waals surface area contributed by atoms with Gasteiger partial charge < -0.3 is 4.90 Å². The number of carbonyl (C=O) groups excluding carboxylic acids is 1. The summed E-state index contributed by atoms with van der Waals surface area (Å²) in [4.78, 5) is 16.9. The fourth-order valence-electron chi connectivity index (χ4n) is 3.96. The Morgan fingerprint density at radius 1 is 0.967 bits per heavy atom. The minimum absolute atomic E-state index is 0.000776. The summed E-state index contributed by atoms with van der Waals surface area (Å²) in [7, 11) is -3.72. The Morgan fingerprint density at radius 3 is 2.37 bits per heavy atom. The third kappa shape index (κ3) is 4.37. The number of rotatable bonds is 5. The summed E-state index contributed by atoms with van der Waals surface area (Å²) in [6.45, 7) is 4.27. The molecule has 1 fully saturated rings. The van der Waals surface area contributed by atoms with Crippen molar-refractivity contribution in [1.82, 2.24) is 9.21 Å². The molecule has 1 saturated heterocycles. The number of sulfonamides is 1. The zero-order chi connectivity index (χ0) is 21.3. The van der Waals surface area contributed by atoms with E-state index in [2.05, 4.69) is 9.80 Å². The Bertz CT molecular complexity index is 1040. The number of Topliss-reactive ketones (excluding diaryl/α,β-unsaturated/α-hetero) is 1. The summed E-state index contributed by atoms with van der Waals surface area (Å²) >= 11 is 5.95. The molecule has 4 rings (SSSR count). The van der Waals surface area contributed by atoms with Crippen LogP contribution in [0.2, 0.25) is 5.02 Å². The van der Waals surface area contributed by atoms with E-state index in [1.165, 1.54) is 34.6 Å². The number of benzene rings is 2. The van der Waals surface area contributed by atoms with Crippen LogP contribution in [-0.4, -0.2) is 69.2 Å². The van der Waals surface area contributed by atoms with Crippen LogP contribution in [0, 0.1) is 5.82 Å². The molecular weight excluding hydrogens is 429 g/mol. The highest BCUT2D eigenvalue weighted by Gasteiger charge is 2.35. The van der Waals surface area contributed by atoms with Gasteiger partial charge in [-0.15, -0.1) is 0 Å². The van der Waals surface area contributed by atoms with Crippen LogP contribution in [0.5, 0.6) is 0 Å². The van der Waals surface area contributed by atoms with E-state index < -0.39 is 10.0 Å². The maximum Gasteiger partial charge on any atom is 0.244 e. The van der Waals surface area contributed by atoms with Crippen molar-refractivity contribution in [3.05, 3.63) is 58.9 Å². The quantitative estimate of drug-likeness (QED) is 0.699. The lowest BCUT2D eigenvalue weighted by atomic mass is 10.1. The SMILES string of the molecule is O=C1CN(CCCN2CCN(c3ccc(F)cc3)CC2)S(=O)(=O)c2cc(Cl)ccc21. The van der Waals surface area contributed by atoms with Gasteiger partial charge in [0.15, 0.2) is 5.78 Å². The van der Waals surface area contributed by atoms with Crippen LogP contribution in [0.25, 0.3) is 0 Å². The fourth-order valence-corrected chi connectivity index (χ4v) is 5.87. The van der Waals surface area contributed by atoms with Gasteiger partial charge in [0.1, 0.15) is 5.82 Å². The van der Waals surface area contributed by atoms with Crippen LogP contribution in [0.15, 0.2) is 47.4 Å². The summed E-state index contributed by atoms with van der Waals surface area (Å²) in [6.07, 6.45) is 0.638. The molecule has 0 saturated carbocycles. The lowest BCUT2D eigenvalue weighted by Gasteiger charge is -2.36. The molecule has 0 spiro atoms. The van der Waals surface area contributed by atoms with Crippen molar-refractivity contribution < 1.29 is 17.6 Å². The molecule has 0 N–H and O–H groups in total. The Morgan fingerprint density at radius 2 is 1.67 bits per heavy atom. The molecule has 2 aliphatic heterocycles. The van der Waals surface area contributed by atoms with Crippen LogP contribution in [0.1, 0.15) is 16.8 Å². The van der Waals surface area contributed by atoms with Gasteiger partial charge in [-0.05, 0) is 55.4 Å². The number of fused-ring (bicyclic) bond motifs is 1. The molecule has 0 radical (unpaired) electrons. The van der Waals surface area contributed by atoms with Gasteiger partial charge in [-0.2, -0.15) is 4.31 Å². The number of halogens is 2. The van der Waals surface area contributed by atoms with Gasteiger partial charge in [-0.3, -0.25) is 9.69 Å². The number of carbonyl (C=O) groups is 1. The van der Waals surface area contributed by atoms with Crippen molar-refractivity contribution in [2.24, 2.45) is 0 Å². The molecule has 2 aliphatic rings. The van der Waals surface area contributed by atoms with Crippen LogP contribution in [-0.2, 0) is 10.0 Å². The number of nitrogens with zero attached hydrogens (tertiary/aromatic N) is 3. The Kier molecular flexibility index (Phi) is 6.11. The summed E-state index contributed by atoms with van der Waals surface area (Å²) < 4.78 is 40.1. The maximum absolute atomic E-state index is 13.1. The van der Waals surface area contributed by atoms with Crippen molar-refractivity contribution >= 4 is 33.1 Å². The second kappa shape index (κ2) is 8.63.